The molecule has 6 heteroatoms. The summed E-state index contributed by atoms with van der Waals surface area (Å²) in [6.07, 6.45) is 4.19. The number of nitrogens with two attached hydrogens (primary N) is 1. The summed E-state index contributed by atoms with van der Waals surface area (Å²) < 4.78 is 0. The summed E-state index contributed by atoms with van der Waals surface area (Å²) in [6.45, 7) is 1.87. The largest absolute Gasteiger partial charge is 0.480 e. The summed E-state index contributed by atoms with van der Waals surface area (Å²) >= 11 is 1.50. The van der Waals surface area contributed by atoms with Crippen molar-refractivity contribution in [3.8, 4) is 0 Å². The molecule has 17 heavy (non-hydrogen) atoms. The third-order valence-corrected chi connectivity index (χ3v) is 4.41. The molecule has 0 aromatic carbocycles. The minimum atomic E-state index is -0.929. The molecule has 94 valence electrons. The maximum Gasteiger partial charge on any atom is 0.327 e. The summed E-state index contributed by atoms with van der Waals surface area (Å²) in [7, 11) is 0. The van der Waals surface area contributed by atoms with Gasteiger partial charge in [0, 0.05) is 11.8 Å². The van der Waals surface area contributed by atoms with Gasteiger partial charge < -0.3 is 15.7 Å². The zero-order valence-electron chi connectivity index (χ0n) is 9.57. The maximum absolute atomic E-state index is 12.3. The van der Waals surface area contributed by atoms with Crippen molar-refractivity contribution < 1.29 is 14.7 Å². The first-order valence-electron chi connectivity index (χ1n) is 5.61. The lowest BCUT2D eigenvalue weighted by Gasteiger charge is -2.27. The van der Waals surface area contributed by atoms with Crippen LogP contribution in [0.15, 0.2) is 12.2 Å². The fourth-order valence-corrected chi connectivity index (χ4v) is 3.44. The van der Waals surface area contributed by atoms with Gasteiger partial charge in [-0.3, -0.25) is 4.79 Å². The van der Waals surface area contributed by atoms with Crippen molar-refractivity contribution in [2.45, 2.75) is 30.8 Å². The minimum Gasteiger partial charge on any atom is -0.480 e. The molecule has 1 fully saturated rings. The van der Waals surface area contributed by atoms with Gasteiger partial charge in [-0.2, -0.15) is 0 Å². The van der Waals surface area contributed by atoms with E-state index in [-0.39, 0.29) is 23.2 Å². The molecule has 0 spiro atoms. The van der Waals surface area contributed by atoms with Gasteiger partial charge in [0.25, 0.3) is 0 Å². The Balaban J connectivity index is 2.12. The van der Waals surface area contributed by atoms with E-state index in [0.717, 1.165) is 0 Å². The Kier molecular flexibility index (Phi) is 3.44. The van der Waals surface area contributed by atoms with Crippen LogP contribution in [0.3, 0.4) is 0 Å². The lowest BCUT2D eigenvalue weighted by Crippen LogP contribution is -2.47. The molecule has 0 saturated carbocycles. The molecule has 2 aliphatic rings. The number of hydrogen-bond donors (Lipinski definition) is 2. The zero-order chi connectivity index (χ0) is 12.6. The van der Waals surface area contributed by atoms with Crippen LogP contribution in [0.5, 0.6) is 0 Å². The van der Waals surface area contributed by atoms with E-state index in [9.17, 15) is 9.59 Å². The van der Waals surface area contributed by atoms with Crippen molar-refractivity contribution in [2.75, 3.05) is 5.75 Å². The minimum absolute atomic E-state index is 0.0752. The predicted octanol–water partition coefficient (Wildman–Crippen LogP) is 0.264. The van der Waals surface area contributed by atoms with Crippen molar-refractivity contribution in [3.05, 3.63) is 12.2 Å². The molecule has 0 radical (unpaired) electrons. The summed E-state index contributed by atoms with van der Waals surface area (Å²) in [5.74, 6) is -0.835. The highest BCUT2D eigenvalue weighted by Gasteiger charge is 2.42. The number of carboxylic acid groups (broad SMARTS) is 1. The third kappa shape index (κ3) is 2.32. The molecular weight excluding hydrogens is 240 g/mol. The standard InChI is InChI=1S/C11H16N2O3S/c1-6-13(9(5-17-6)11(15)16)10(14)7-2-3-8(12)4-7/h2-3,6-9H,4-5,12H2,1H3,(H,15,16). The number of carboxylic acids is 1. The molecular formula is C11H16N2O3S. The molecule has 1 saturated heterocycles. The van der Waals surface area contributed by atoms with Gasteiger partial charge in [0.2, 0.25) is 5.91 Å². The van der Waals surface area contributed by atoms with E-state index < -0.39 is 12.0 Å². The fourth-order valence-electron chi connectivity index (χ4n) is 2.27. The first-order valence-corrected chi connectivity index (χ1v) is 6.66. The van der Waals surface area contributed by atoms with Gasteiger partial charge in [-0.1, -0.05) is 12.2 Å². The average Bonchev–Trinajstić information content (AvgIpc) is 2.83. The van der Waals surface area contributed by atoms with Crippen LogP contribution in [0.1, 0.15) is 13.3 Å². The number of amides is 1. The second-order valence-electron chi connectivity index (χ2n) is 4.42. The Hall–Kier alpha value is -1.01. The van der Waals surface area contributed by atoms with Gasteiger partial charge in [0.1, 0.15) is 6.04 Å². The molecule has 3 N–H and O–H groups in total. The van der Waals surface area contributed by atoms with Crippen LogP contribution in [0.2, 0.25) is 0 Å². The van der Waals surface area contributed by atoms with E-state index in [4.69, 9.17) is 10.8 Å². The van der Waals surface area contributed by atoms with E-state index in [2.05, 4.69) is 0 Å². The number of nitrogens with zero attached hydrogens (tertiary/aromatic N) is 1. The average molecular weight is 256 g/mol. The van der Waals surface area contributed by atoms with Crippen molar-refractivity contribution in [3.63, 3.8) is 0 Å². The van der Waals surface area contributed by atoms with Crippen LogP contribution in [0, 0.1) is 5.92 Å². The van der Waals surface area contributed by atoms with Crippen molar-refractivity contribution in [1.82, 2.24) is 4.90 Å². The highest BCUT2D eigenvalue weighted by atomic mass is 32.2. The van der Waals surface area contributed by atoms with Crippen molar-refractivity contribution in [1.29, 1.82) is 0 Å². The Morgan fingerprint density at radius 2 is 2.18 bits per heavy atom. The molecule has 4 unspecified atom stereocenters. The highest BCUT2D eigenvalue weighted by Crippen LogP contribution is 2.32. The SMILES string of the molecule is CC1SCC(C(=O)O)N1C(=O)C1C=CC(N)C1. The van der Waals surface area contributed by atoms with Gasteiger partial charge >= 0.3 is 5.97 Å². The Morgan fingerprint density at radius 1 is 1.47 bits per heavy atom. The number of carbonyl (C=O) groups is 2. The third-order valence-electron chi connectivity index (χ3n) is 3.20. The first-order chi connectivity index (χ1) is 8.00. The number of thioether (sulfide) groups is 1. The molecule has 1 aliphatic carbocycles. The fraction of sp³-hybridized carbons (Fsp3) is 0.636. The van der Waals surface area contributed by atoms with Gasteiger partial charge in [0.15, 0.2) is 0 Å². The molecule has 1 aliphatic heterocycles. The van der Waals surface area contributed by atoms with Gasteiger partial charge in [-0.15, -0.1) is 11.8 Å². The molecule has 0 bridgehead atoms. The van der Waals surface area contributed by atoms with Gasteiger partial charge in [0.05, 0.1) is 11.3 Å². The summed E-state index contributed by atoms with van der Waals surface area (Å²) in [5, 5.41) is 9.02. The van der Waals surface area contributed by atoms with Crippen LogP contribution < -0.4 is 5.73 Å². The summed E-state index contributed by atoms with van der Waals surface area (Å²) in [5.41, 5.74) is 5.71. The highest BCUT2D eigenvalue weighted by molar-refractivity contribution is 8.00. The molecule has 4 atom stereocenters. The quantitative estimate of drug-likeness (QED) is 0.693. The van der Waals surface area contributed by atoms with E-state index in [1.807, 2.05) is 13.0 Å². The molecule has 0 aromatic heterocycles. The first kappa shape index (κ1) is 12.4. The maximum atomic E-state index is 12.3. The second kappa shape index (κ2) is 4.70. The smallest absolute Gasteiger partial charge is 0.327 e. The lowest BCUT2D eigenvalue weighted by atomic mass is 10.1. The number of carbonyl (C=O) groups excluding carboxylic acids is 1. The van der Waals surface area contributed by atoms with Crippen LogP contribution in [0.25, 0.3) is 0 Å². The predicted molar refractivity (Wildman–Crippen MR) is 65.4 cm³/mol. The normalized spacial score (nSPS) is 36.5. The van der Waals surface area contributed by atoms with Crippen molar-refractivity contribution >= 4 is 23.6 Å². The van der Waals surface area contributed by atoms with Crippen LogP contribution in [0.4, 0.5) is 0 Å². The Labute approximate surface area is 104 Å². The Bertz CT molecular complexity index is 372. The van der Waals surface area contributed by atoms with E-state index in [1.165, 1.54) is 16.7 Å². The molecule has 0 aromatic rings. The lowest BCUT2D eigenvalue weighted by molar-refractivity contribution is -0.150. The van der Waals surface area contributed by atoms with Gasteiger partial charge in [-0.05, 0) is 13.3 Å². The second-order valence-corrected chi connectivity index (χ2v) is 5.77. The van der Waals surface area contributed by atoms with Crippen LogP contribution in [-0.2, 0) is 9.59 Å². The summed E-state index contributed by atoms with van der Waals surface area (Å²) in [4.78, 5) is 24.8. The van der Waals surface area contributed by atoms with E-state index in [1.54, 1.807) is 6.08 Å². The van der Waals surface area contributed by atoms with E-state index >= 15 is 0 Å². The number of hydrogen-bond acceptors (Lipinski definition) is 4. The molecule has 2 rings (SSSR count). The summed E-state index contributed by atoms with van der Waals surface area (Å²) in [6, 6.07) is -0.787. The van der Waals surface area contributed by atoms with Crippen molar-refractivity contribution in [2.24, 2.45) is 11.7 Å². The van der Waals surface area contributed by atoms with Crippen LogP contribution in [-0.4, -0.2) is 45.1 Å². The monoisotopic (exact) mass is 256 g/mol. The number of rotatable bonds is 2. The number of aliphatic carboxylic acids is 1. The van der Waals surface area contributed by atoms with Gasteiger partial charge in [-0.25, -0.2) is 4.79 Å². The molecule has 1 heterocycles. The topological polar surface area (TPSA) is 83.6 Å². The zero-order valence-corrected chi connectivity index (χ0v) is 10.4. The van der Waals surface area contributed by atoms with Crippen LogP contribution >= 0.6 is 11.8 Å². The Morgan fingerprint density at radius 3 is 2.71 bits per heavy atom. The molecule has 1 amide bonds. The van der Waals surface area contributed by atoms with E-state index in [0.29, 0.717) is 12.2 Å². The molecule has 5 nitrogen and oxygen atoms in total.